The fourth-order valence-electron chi connectivity index (χ4n) is 5.24. The van der Waals surface area contributed by atoms with Crippen LogP contribution in [0, 0.1) is 11.6 Å². The first-order valence-corrected chi connectivity index (χ1v) is 12.9. The van der Waals surface area contributed by atoms with Crippen LogP contribution in [0.4, 0.5) is 8.78 Å². The summed E-state index contributed by atoms with van der Waals surface area (Å²) in [6.45, 7) is 0.657. The maximum Gasteiger partial charge on any atom is 0.303 e. The first-order valence-electron chi connectivity index (χ1n) is 12.9. The molecule has 0 aliphatic heterocycles. The van der Waals surface area contributed by atoms with Gasteiger partial charge < -0.3 is 10.4 Å². The third kappa shape index (κ3) is 6.03. The molecule has 1 atom stereocenters. The summed E-state index contributed by atoms with van der Waals surface area (Å²) in [6, 6.07) is 19.8. The van der Waals surface area contributed by atoms with E-state index in [1.165, 1.54) is 23.8 Å². The number of fused-ring (bicyclic) bond motifs is 2. The topological polar surface area (TPSA) is 62.2 Å². The number of halogens is 2. The second-order valence-corrected chi connectivity index (χ2v) is 9.80. The first-order chi connectivity index (χ1) is 18.0. The van der Waals surface area contributed by atoms with Crippen LogP contribution in [0.5, 0.6) is 0 Å². The normalized spacial score (nSPS) is 15.0. The minimum absolute atomic E-state index is 0.124. The number of rotatable bonds is 9. The Morgan fingerprint density at radius 3 is 2.59 bits per heavy atom. The highest BCUT2D eigenvalue weighted by atomic mass is 19.1. The van der Waals surface area contributed by atoms with Gasteiger partial charge in [0, 0.05) is 30.0 Å². The van der Waals surface area contributed by atoms with Crippen molar-refractivity contribution in [2.45, 2.75) is 57.5 Å². The number of aromatic nitrogens is 1. The zero-order valence-electron chi connectivity index (χ0n) is 20.6. The quantitative estimate of drug-likeness (QED) is 0.240. The molecular formula is C31H30F2N2O2. The van der Waals surface area contributed by atoms with Crippen molar-refractivity contribution in [3.8, 4) is 11.3 Å². The molecule has 0 radical (unpaired) electrons. The Morgan fingerprint density at radius 2 is 1.78 bits per heavy atom. The Hall–Kier alpha value is -3.64. The van der Waals surface area contributed by atoms with Gasteiger partial charge in [-0.15, -0.1) is 0 Å². The van der Waals surface area contributed by atoms with Gasteiger partial charge in [0.25, 0.3) is 0 Å². The molecule has 1 aliphatic carbocycles. The van der Waals surface area contributed by atoms with Gasteiger partial charge in [0.1, 0.15) is 11.6 Å². The van der Waals surface area contributed by atoms with Crippen molar-refractivity contribution in [1.82, 2.24) is 10.3 Å². The van der Waals surface area contributed by atoms with Gasteiger partial charge in [-0.25, -0.2) is 13.8 Å². The van der Waals surface area contributed by atoms with Gasteiger partial charge in [-0.3, -0.25) is 4.79 Å². The molecule has 1 heterocycles. The van der Waals surface area contributed by atoms with Crippen molar-refractivity contribution < 1.29 is 18.7 Å². The van der Waals surface area contributed by atoms with E-state index >= 15 is 0 Å². The fourth-order valence-corrected chi connectivity index (χ4v) is 5.24. The van der Waals surface area contributed by atoms with Crippen LogP contribution in [0.1, 0.15) is 60.4 Å². The van der Waals surface area contributed by atoms with E-state index in [1.807, 2.05) is 12.1 Å². The Bertz CT molecular complexity index is 1420. The summed E-state index contributed by atoms with van der Waals surface area (Å²) in [5, 5.41) is 13.6. The van der Waals surface area contributed by atoms with Gasteiger partial charge in [-0.05, 0) is 115 Å². The summed E-state index contributed by atoms with van der Waals surface area (Å²) in [5.74, 6) is -1.29. The average molecular weight is 501 g/mol. The molecule has 6 heteroatoms. The number of carboxylic acid groups (broad SMARTS) is 1. The van der Waals surface area contributed by atoms with Crippen LogP contribution in [0.2, 0.25) is 0 Å². The molecule has 0 bridgehead atoms. The summed E-state index contributed by atoms with van der Waals surface area (Å²) in [6.07, 6.45) is 5.19. The average Bonchev–Trinajstić information content (AvgIpc) is 2.89. The molecule has 0 amide bonds. The number of hydrogen-bond donors (Lipinski definition) is 2. The third-order valence-corrected chi connectivity index (χ3v) is 7.14. The van der Waals surface area contributed by atoms with Crippen molar-refractivity contribution in [2.24, 2.45) is 0 Å². The molecule has 0 saturated heterocycles. The van der Waals surface area contributed by atoms with E-state index in [4.69, 9.17) is 10.1 Å². The number of nitrogens with zero attached hydrogens (tertiary/aromatic N) is 1. The van der Waals surface area contributed by atoms with Crippen LogP contribution in [0.15, 0.2) is 66.7 Å². The number of carboxylic acids is 1. The summed E-state index contributed by atoms with van der Waals surface area (Å²) < 4.78 is 27.4. The maximum atomic E-state index is 13.9. The molecule has 0 fully saturated rings. The minimum atomic E-state index is -0.795. The van der Waals surface area contributed by atoms with Gasteiger partial charge in [0.05, 0.1) is 11.2 Å². The molecule has 1 aliphatic rings. The lowest BCUT2D eigenvalue weighted by molar-refractivity contribution is -0.137. The summed E-state index contributed by atoms with van der Waals surface area (Å²) in [7, 11) is 0. The van der Waals surface area contributed by atoms with E-state index in [0.717, 1.165) is 64.5 Å². The lowest BCUT2D eigenvalue weighted by Crippen LogP contribution is -2.25. The van der Waals surface area contributed by atoms with Crippen LogP contribution in [0.25, 0.3) is 22.2 Å². The van der Waals surface area contributed by atoms with Gasteiger partial charge in [-0.1, -0.05) is 12.1 Å². The van der Waals surface area contributed by atoms with E-state index in [-0.39, 0.29) is 24.1 Å². The van der Waals surface area contributed by atoms with Crippen molar-refractivity contribution in [3.05, 3.63) is 101 Å². The molecule has 190 valence electrons. The molecule has 1 aromatic heterocycles. The molecule has 2 N–H and O–H groups in total. The van der Waals surface area contributed by atoms with Crippen LogP contribution in [-0.4, -0.2) is 16.1 Å². The molecule has 3 aromatic carbocycles. The highest BCUT2D eigenvalue weighted by Crippen LogP contribution is 2.31. The number of benzene rings is 3. The number of carbonyl (C=O) groups is 1. The van der Waals surface area contributed by atoms with E-state index in [2.05, 4.69) is 23.5 Å². The van der Waals surface area contributed by atoms with E-state index in [1.54, 1.807) is 18.2 Å². The van der Waals surface area contributed by atoms with Crippen LogP contribution >= 0.6 is 0 Å². The zero-order valence-corrected chi connectivity index (χ0v) is 20.6. The first kappa shape index (κ1) is 25.0. The molecule has 4 nitrogen and oxygen atoms in total. The van der Waals surface area contributed by atoms with Crippen molar-refractivity contribution in [1.29, 1.82) is 0 Å². The van der Waals surface area contributed by atoms with E-state index < -0.39 is 5.97 Å². The summed E-state index contributed by atoms with van der Waals surface area (Å²) in [5.41, 5.74) is 6.90. The molecule has 0 unspecified atom stereocenters. The highest BCUT2D eigenvalue weighted by Gasteiger charge is 2.20. The van der Waals surface area contributed by atoms with E-state index in [9.17, 15) is 13.6 Å². The SMILES string of the molecule is O=C(O)CCCCc1cc2cc(CN[C@H]3CCCc4ccc(F)cc43)ccc2nc1-c1ccc(F)cc1. The molecule has 0 saturated carbocycles. The second-order valence-electron chi connectivity index (χ2n) is 9.80. The summed E-state index contributed by atoms with van der Waals surface area (Å²) >= 11 is 0. The van der Waals surface area contributed by atoms with Gasteiger partial charge in [0.15, 0.2) is 0 Å². The zero-order chi connectivity index (χ0) is 25.8. The predicted molar refractivity (Wildman–Crippen MR) is 141 cm³/mol. The fraction of sp³-hybridized carbons (Fsp3) is 0.290. The van der Waals surface area contributed by atoms with E-state index in [0.29, 0.717) is 19.4 Å². The van der Waals surface area contributed by atoms with Gasteiger partial charge in [0.2, 0.25) is 0 Å². The van der Waals surface area contributed by atoms with Gasteiger partial charge in [-0.2, -0.15) is 0 Å². The minimum Gasteiger partial charge on any atom is -0.481 e. The molecule has 5 rings (SSSR count). The van der Waals surface area contributed by atoms with Crippen molar-refractivity contribution in [2.75, 3.05) is 0 Å². The monoisotopic (exact) mass is 500 g/mol. The summed E-state index contributed by atoms with van der Waals surface area (Å²) in [4.78, 5) is 15.9. The number of pyridine rings is 1. The van der Waals surface area contributed by atoms with Crippen LogP contribution in [-0.2, 0) is 24.2 Å². The molecule has 0 spiro atoms. The Kier molecular flexibility index (Phi) is 7.56. The number of nitrogens with one attached hydrogen (secondary N) is 1. The predicted octanol–water partition coefficient (Wildman–Crippen LogP) is 7.14. The van der Waals surface area contributed by atoms with Crippen molar-refractivity contribution in [3.63, 3.8) is 0 Å². The maximum absolute atomic E-state index is 13.9. The number of unbranched alkanes of at least 4 members (excludes halogenated alkanes) is 1. The molecular weight excluding hydrogens is 470 g/mol. The molecule has 37 heavy (non-hydrogen) atoms. The Balaban J connectivity index is 1.39. The lowest BCUT2D eigenvalue weighted by atomic mass is 9.87. The Morgan fingerprint density at radius 1 is 0.973 bits per heavy atom. The smallest absolute Gasteiger partial charge is 0.303 e. The second kappa shape index (κ2) is 11.2. The molecule has 4 aromatic rings. The Labute approximate surface area is 215 Å². The highest BCUT2D eigenvalue weighted by molar-refractivity contribution is 5.84. The van der Waals surface area contributed by atoms with Gasteiger partial charge >= 0.3 is 5.97 Å². The lowest BCUT2D eigenvalue weighted by Gasteiger charge is -2.26. The number of aliphatic carboxylic acids is 1. The van der Waals surface area contributed by atoms with Crippen molar-refractivity contribution >= 4 is 16.9 Å². The van der Waals surface area contributed by atoms with Crippen LogP contribution in [0.3, 0.4) is 0 Å². The number of hydrogen-bond acceptors (Lipinski definition) is 3. The largest absolute Gasteiger partial charge is 0.481 e. The third-order valence-electron chi connectivity index (χ3n) is 7.14. The number of aryl methyl sites for hydroxylation is 2. The standard InChI is InChI=1S/C31H30F2N2O2/c32-25-12-10-22(11-13-25)31-23(4-1-2-7-30(36)37)17-24-16-20(8-15-28(24)35-31)19-34-29-6-3-5-21-9-14-26(33)18-27(21)29/h8-18,29,34H,1-7,19H2,(H,36,37)/t29-/m0/s1. The van der Waals surface area contributed by atoms with Crippen LogP contribution < -0.4 is 5.32 Å².